The first-order chi connectivity index (χ1) is 41.7. The number of carbonyl (C=O) groups is 3. The highest BCUT2D eigenvalue weighted by Gasteiger charge is 2.52. The molecule has 4 saturated heterocycles. The predicted molar refractivity (Wildman–Crippen MR) is 329 cm³/mol. The van der Waals surface area contributed by atoms with Gasteiger partial charge in [0.25, 0.3) is 0 Å². The fourth-order valence-electron chi connectivity index (χ4n) is 11.7. The number of ether oxygens (including phenoxy) is 12. The summed E-state index contributed by atoms with van der Waals surface area (Å²) in [6.07, 6.45) is -8.23. The molecule has 23 nitrogen and oxygen atoms in total. The summed E-state index contributed by atoms with van der Waals surface area (Å²) in [6.45, 7) is 9.49. The summed E-state index contributed by atoms with van der Waals surface area (Å²) in [6, 6.07) is -1.24. The van der Waals surface area contributed by atoms with Gasteiger partial charge in [-0.25, -0.2) is 0 Å². The van der Waals surface area contributed by atoms with Crippen LogP contribution in [0.2, 0.25) is 0 Å². The minimum absolute atomic E-state index is 0.0186. The van der Waals surface area contributed by atoms with E-state index in [1.165, 1.54) is 40.6 Å². The monoisotopic (exact) mass is 1390 g/mol. The van der Waals surface area contributed by atoms with Crippen LogP contribution in [0.15, 0.2) is 34.9 Å². The summed E-state index contributed by atoms with van der Waals surface area (Å²) in [5.41, 5.74) is 1.88. The first-order valence-electron chi connectivity index (χ1n) is 29.1. The highest BCUT2D eigenvalue weighted by molar-refractivity contribution is 14.1. The van der Waals surface area contributed by atoms with Gasteiger partial charge in [-0.15, -0.1) is 0 Å². The second kappa shape index (κ2) is 32.0. The summed E-state index contributed by atoms with van der Waals surface area (Å²) in [7, 11) is 10.3. The maximum atomic E-state index is 14.5. The van der Waals surface area contributed by atoms with Crippen LogP contribution in [0.3, 0.4) is 0 Å². The molecule has 4 aliphatic heterocycles. The van der Waals surface area contributed by atoms with Crippen molar-refractivity contribution in [2.75, 3.05) is 54.5 Å². The Morgan fingerprint density at radius 2 is 1.59 bits per heavy atom. The molecule has 0 spiro atoms. The second-order valence-corrected chi connectivity index (χ2v) is 27.0. The van der Waals surface area contributed by atoms with Crippen LogP contribution < -0.4 is 25.0 Å². The Hall–Kier alpha value is -3.09. The standard InChI is InChI=1S/C60H81IN2O21S3/c1-11-62-36-28-77-42(26-40(36)72-6)82-54-49(68)47(30(3)79-59(54)81-39-20-14-12-13-17-22-60(71)27-38(65)34(24-41(66)73-7)45(39)35(60)21-23-85-87-33-18-15-16-19-33)63-84-43-25-37(64)56(32(5)78-43)86-57(70)44-29(2)46(61)52(55(76-10)51(44)74-8)83-58-50(69)53(75-9)48(67)31(4)80-58/h12-13,21,30-33,36-37,39-40,42-43,47-50,53-54,56,58-59,62-64,67-69,71H,11,15-16,18-19,23-28H2,1-10H3/b13-12-,35-21+/t30?,31?,32?,36?,37?,39-,40?,42?,43?,47?,48?,49?,50?,53?,54?,56?,58?,59?,60+/m1/s1. The number of hydrogen-bond acceptors (Lipinski definition) is 26. The van der Waals surface area contributed by atoms with Gasteiger partial charge >= 0.3 is 5.97 Å². The Morgan fingerprint density at radius 3 is 2.26 bits per heavy atom. The number of rotatable bonds is 23. The molecule has 17 unspecified atom stereocenters. The van der Waals surface area contributed by atoms with Gasteiger partial charge in [0.15, 0.2) is 41.8 Å². The molecule has 4 heterocycles. The second-order valence-electron chi connectivity index (χ2n) is 22.1. The number of esters is 1. The highest BCUT2D eigenvalue weighted by atomic mass is 127. The number of ketones is 1. The number of Topliss-reactive ketones (excluding diaryl/α,β-unsaturated/α-hetero) is 1. The number of hydroxylamine groups is 1. The van der Waals surface area contributed by atoms with Gasteiger partial charge in [-0.3, -0.25) is 19.2 Å². The third-order valence-electron chi connectivity index (χ3n) is 16.4. The van der Waals surface area contributed by atoms with E-state index in [9.17, 15) is 39.9 Å². The summed E-state index contributed by atoms with van der Waals surface area (Å²) in [5.74, 6) is 11.1. The molecule has 87 heavy (non-hydrogen) atoms. The average Bonchev–Trinajstić information content (AvgIpc) is 1.04. The lowest BCUT2D eigenvalue weighted by atomic mass is 9.72. The fraction of sp³-hybridized carbons (Fsp3) is 0.683. The lowest BCUT2D eigenvalue weighted by Gasteiger charge is -2.46. The van der Waals surface area contributed by atoms with Gasteiger partial charge in [-0.1, -0.05) is 82.9 Å². The van der Waals surface area contributed by atoms with Crippen LogP contribution >= 0.6 is 55.9 Å². The zero-order chi connectivity index (χ0) is 62.9. The number of fused-ring (bicyclic) bond motifs is 2. The number of likely N-dealkylation sites (N-methyl/N-ethyl adjacent to an activating group) is 1. The summed E-state index contributed by atoms with van der Waals surface area (Å²) in [5, 5.41) is 61.0. The molecule has 3 aliphatic carbocycles. The fourth-order valence-corrected chi connectivity index (χ4v) is 16.1. The van der Waals surface area contributed by atoms with Gasteiger partial charge in [0, 0.05) is 54.8 Å². The van der Waals surface area contributed by atoms with Crippen molar-refractivity contribution in [3.8, 4) is 40.9 Å². The zero-order valence-electron chi connectivity index (χ0n) is 50.4. The summed E-state index contributed by atoms with van der Waals surface area (Å²) in [4.78, 5) is 48.0. The molecular weight excluding hydrogens is 1310 g/mol. The minimum Gasteiger partial charge on any atom is -0.492 e. The Kier molecular flexibility index (Phi) is 25.6. The van der Waals surface area contributed by atoms with E-state index in [-0.39, 0.29) is 71.1 Å². The number of nitrogens with one attached hydrogen (secondary N) is 2. The third-order valence-corrected chi connectivity index (χ3v) is 21.9. The van der Waals surface area contributed by atoms with E-state index >= 15 is 0 Å². The highest BCUT2D eigenvalue weighted by Crippen LogP contribution is 2.49. The third kappa shape index (κ3) is 16.2. The van der Waals surface area contributed by atoms with E-state index in [4.69, 9.17) is 61.7 Å². The van der Waals surface area contributed by atoms with E-state index in [1.807, 2.05) is 29.5 Å². The van der Waals surface area contributed by atoms with E-state index < -0.39 is 133 Å². The van der Waals surface area contributed by atoms with Crippen LogP contribution in [0.4, 0.5) is 0 Å². The van der Waals surface area contributed by atoms with Crippen molar-refractivity contribution in [1.82, 2.24) is 10.8 Å². The molecule has 482 valence electrons. The number of methoxy groups -OCH3 is 5. The number of hydrogen-bond donors (Lipinski definition) is 7. The molecular formula is C60H81IN2O21S3. The van der Waals surface area contributed by atoms with Gasteiger partial charge in [0.05, 0.1) is 97.8 Å². The van der Waals surface area contributed by atoms with Gasteiger partial charge in [-0.05, 0) is 87.4 Å². The maximum Gasteiger partial charge on any atom is 0.310 e. The SMILES string of the molecule is CCNC1COC(OC2C(O[C@@H]3C#C/C=C\C#C[C@]4(O)CC(=O)C(CC(=O)OC)=C3/C4=C\CSSC3CCCC3)OC(C)C(NOC3CC(O)C(SC(=O)c4c(C)c(I)c(OC5OC(C)C(O)C(OC)C5O)c(OC)c4OC)C(C)O3)C2O)CC1OC. The molecule has 1 saturated carbocycles. The topological polar surface area (TPSA) is 296 Å². The lowest BCUT2D eigenvalue weighted by molar-refractivity contribution is -0.336. The van der Waals surface area contributed by atoms with Gasteiger partial charge < -0.3 is 87.7 Å². The Morgan fingerprint density at radius 1 is 0.862 bits per heavy atom. The van der Waals surface area contributed by atoms with Crippen molar-refractivity contribution < 1.29 is 102 Å². The molecule has 1 aromatic carbocycles. The number of aliphatic hydroxyl groups is 5. The number of aliphatic hydroxyl groups excluding tert-OH is 4. The normalized spacial score (nSPS) is 36.3. The molecule has 7 N–H and O–H groups in total. The van der Waals surface area contributed by atoms with E-state index in [2.05, 4.69) is 34.5 Å². The largest absolute Gasteiger partial charge is 0.492 e. The van der Waals surface area contributed by atoms with Gasteiger partial charge in [0.2, 0.25) is 17.2 Å². The van der Waals surface area contributed by atoms with Crippen LogP contribution in [0, 0.1) is 34.2 Å². The maximum absolute atomic E-state index is 14.5. The van der Waals surface area contributed by atoms with Crippen molar-refractivity contribution in [3.05, 3.63) is 49.6 Å². The lowest BCUT2D eigenvalue weighted by Crippen LogP contribution is -2.65. The van der Waals surface area contributed by atoms with E-state index in [1.54, 1.807) is 62.5 Å². The smallest absolute Gasteiger partial charge is 0.310 e. The van der Waals surface area contributed by atoms with Crippen LogP contribution in [-0.4, -0.2) is 217 Å². The van der Waals surface area contributed by atoms with Gasteiger partial charge in [0.1, 0.15) is 36.6 Å². The molecule has 0 aromatic heterocycles. The quantitative estimate of drug-likeness (QED) is 0.0203. The van der Waals surface area contributed by atoms with Crippen molar-refractivity contribution in [2.24, 2.45) is 0 Å². The molecule has 7 aliphatic rings. The summed E-state index contributed by atoms with van der Waals surface area (Å²) < 4.78 is 73.1. The molecule has 19 atom stereocenters. The number of allylic oxidation sites excluding steroid dienone is 2. The molecule has 8 rings (SSSR count). The van der Waals surface area contributed by atoms with Crippen LogP contribution in [-0.2, 0) is 57.1 Å². The summed E-state index contributed by atoms with van der Waals surface area (Å²) >= 11 is 2.84. The van der Waals surface area contributed by atoms with Crippen LogP contribution in [0.25, 0.3) is 0 Å². The zero-order valence-corrected chi connectivity index (χ0v) is 55.0. The van der Waals surface area contributed by atoms with Crippen LogP contribution in [0.1, 0.15) is 95.0 Å². The molecule has 5 fully saturated rings. The predicted octanol–water partition coefficient (Wildman–Crippen LogP) is 4.11. The molecule has 2 bridgehead atoms. The van der Waals surface area contributed by atoms with Crippen molar-refractivity contribution in [2.45, 2.75) is 206 Å². The molecule has 27 heteroatoms. The van der Waals surface area contributed by atoms with Crippen molar-refractivity contribution in [1.29, 1.82) is 0 Å². The number of thioether (sulfide) groups is 1. The number of halogens is 1. The molecule has 0 amide bonds. The van der Waals surface area contributed by atoms with Crippen molar-refractivity contribution >= 4 is 72.8 Å². The number of carbonyl (C=O) groups excluding carboxylic acids is 3. The Balaban J connectivity index is 1.02. The molecule has 0 radical (unpaired) electrons. The first-order valence-corrected chi connectivity index (χ1v) is 33.4. The number of benzene rings is 1. The van der Waals surface area contributed by atoms with Crippen LogP contribution in [0.5, 0.6) is 17.2 Å². The first kappa shape index (κ1) is 69.8. The minimum atomic E-state index is -2.01. The average molecular weight is 1390 g/mol. The van der Waals surface area contributed by atoms with Crippen molar-refractivity contribution in [3.63, 3.8) is 0 Å². The molecule has 1 aromatic rings. The van der Waals surface area contributed by atoms with E-state index in [0.717, 1.165) is 37.4 Å². The van der Waals surface area contributed by atoms with Gasteiger partial charge in [-0.2, -0.15) is 5.48 Å². The van der Waals surface area contributed by atoms with E-state index in [0.29, 0.717) is 26.7 Å². The Bertz CT molecular complexity index is 2810. The Labute approximate surface area is 533 Å².